The van der Waals surface area contributed by atoms with Crippen molar-refractivity contribution >= 4 is 18.2 Å². The summed E-state index contributed by atoms with van der Waals surface area (Å²) in [6, 6.07) is 8.72. The van der Waals surface area contributed by atoms with E-state index in [1.165, 1.54) is 0 Å². The molecule has 0 radical (unpaired) electrons. The molecule has 1 aliphatic heterocycles. The molecule has 0 amide bonds. The Bertz CT molecular complexity index is 781. The van der Waals surface area contributed by atoms with Crippen LogP contribution in [-0.2, 0) is 19.0 Å². The second kappa shape index (κ2) is 10.6. The summed E-state index contributed by atoms with van der Waals surface area (Å²) in [7, 11) is -4.94. The van der Waals surface area contributed by atoms with Gasteiger partial charge in [0.1, 0.15) is 0 Å². The third kappa shape index (κ3) is 7.63. The van der Waals surface area contributed by atoms with Crippen LogP contribution in [-0.4, -0.2) is 41.3 Å². The molecule has 0 saturated heterocycles. The highest BCUT2D eigenvalue weighted by molar-refractivity contribution is 7.91. The lowest BCUT2D eigenvalue weighted by Crippen LogP contribution is -2.41. The molecule has 2 rings (SSSR count). The van der Waals surface area contributed by atoms with Crippen molar-refractivity contribution in [3.63, 3.8) is 0 Å². The van der Waals surface area contributed by atoms with E-state index in [1.54, 1.807) is 24.3 Å². The van der Waals surface area contributed by atoms with Crippen LogP contribution in [0, 0.1) is 5.92 Å². The second-order valence-electron chi connectivity index (χ2n) is 10.1. The molecule has 170 valence electrons. The highest BCUT2D eigenvalue weighted by Gasteiger charge is 2.37. The molecule has 0 spiro atoms. The van der Waals surface area contributed by atoms with Crippen LogP contribution in [0.25, 0.3) is 0 Å². The molecule has 1 aliphatic rings. The highest BCUT2D eigenvalue weighted by atomic mass is 32.2. The predicted molar refractivity (Wildman–Crippen MR) is 127 cm³/mol. The Morgan fingerprint density at radius 3 is 2.50 bits per heavy atom. The van der Waals surface area contributed by atoms with Gasteiger partial charge in [-0.25, -0.2) is 8.42 Å². The Hall–Kier alpha value is -0.953. The van der Waals surface area contributed by atoms with Crippen molar-refractivity contribution in [2.75, 3.05) is 12.4 Å². The predicted octanol–water partition coefficient (Wildman–Crippen LogP) is 6.00. The largest absolute Gasteiger partial charge is 0.417 e. The maximum Gasteiger partial charge on any atom is 0.191 e. The summed E-state index contributed by atoms with van der Waals surface area (Å²) in [5.74, 6) is 0.481. The van der Waals surface area contributed by atoms with Crippen LogP contribution in [0.4, 0.5) is 0 Å². The van der Waals surface area contributed by atoms with Gasteiger partial charge >= 0.3 is 0 Å². The molecule has 3 atom stereocenters. The van der Waals surface area contributed by atoms with E-state index in [2.05, 4.69) is 52.9 Å². The van der Waals surface area contributed by atoms with Crippen LogP contribution in [0.2, 0.25) is 18.1 Å². The first-order chi connectivity index (χ1) is 13.9. The van der Waals surface area contributed by atoms with Gasteiger partial charge < -0.3 is 9.16 Å². The van der Waals surface area contributed by atoms with E-state index in [4.69, 9.17) is 9.16 Å². The van der Waals surface area contributed by atoms with Gasteiger partial charge in [0.25, 0.3) is 0 Å². The molecular weight excluding hydrogens is 412 g/mol. The van der Waals surface area contributed by atoms with Crippen LogP contribution in [0.15, 0.2) is 47.4 Å². The van der Waals surface area contributed by atoms with Gasteiger partial charge in [0.2, 0.25) is 0 Å². The topological polar surface area (TPSA) is 52.6 Å². The van der Waals surface area contributed by atoms with Crippen LogP contribution in [0.5, 0.6) is 0 Å². The number of hydrogen-bond acceptors (Lipinski definition) is 4. The van der Waals surface area contributed by atoms with Gasteiger partial charge in [-0.2, -0.15) is 0 Å². The third-order valence-corrected chi connectivity index (χ3v) is 12.7. The highest BCUT2D eigenvalue weighted by Crippen LogP contribution is 2.36. The summed E-state index contributed by atoms with van der Waals surface area (Å²) in [5, 5.41) is 0.217. The molecule has 1 aromatic rings. The fraction of sp³-hybridized carbons (Fsp3) is 0.667. The molecule has 1 heterocycles. The lowest BCUT2D eigenvalue weighted by atomic mass is 9.97. The Morgan fingerprint density at radius 2 is 1.87 bits per heavy atom. The Labute approximate surface area is 185 Å². The fourth-order valence-electron chi connectivity index (χ4n) is 3.36. The lowest BCUT2D eigenvalue weighted by Gasteiger charge is -2.36. The van der Waals surface area contributed by atoms with E-state index in [9.17, 15) is 8.42 Å². The molecule has 0 unspecified atom stereocenters. The Kier molecular flexibility index (Phi) is 8.92. The molecule has 0 aliphatic carbocycles. The van der Waals surface area contributed by atoms with Gasteiger partial charge in [0.05, 0.1) is 22.9 Å². The summed E-state index contributed by atoms with van der Waals surface area (Å²) in [6.07, 6.45) is 7.91. The molecule has 30 heavy (non-hydrogen) atoms. The summed E-state index contributed by atoms with van der Waals surface area (Å²) >= 11 is 0. The standard InChI is InChI=1S/C24H40O4SSi/c1-20(16-18-29(25,26)23-13-8-7-9-14-23)19-22-12-10-11-21(28-22)15-17-27-30(5,6)24(2,3)4/h7-11,13-14,20-22H,12,15-19H2,1-6H3/t20-,21+,22+/m1/s1. The maximum absolute atomic E-state index is 12.5. The maximum atomic E-state index is 12.5. The first kappa shape index (κ1) is 25.3. The fourth-order valence-corrected chi connectivity index (χ4v) is 5.94. The van der Waals surface area contributed by atoms with Crippen molar-refractivity contribution in [2.24, 2.45) is 5.92 Å². The number of rotatable bonds is 10. The first-order valence-electron chi connectivity index (χ1n) is 11.1. The van der Waals surface area contributed by atoms with Crippen LogP contribution < -0.4 is 0 Å². The number of benzene rings is 1. The van der Waals surface area contributed by atoms with E-state index in [1.807, 2.05) is 6.07 Å². The SMILES string of the molecule is C[C@H](CCS(=O)(=O)c1ccccc1)C[C@@H]1CC=C[C@@H](CCO[Si](C)(C)C(C)(C)C)O1. The van der Waals surface area contributed by atoms with Gasteiger partial charge in [0.15, 0.2) is 18.2 Å². The summed E-state index contributed by atoms with van der Waals surface area (Å²) in [6.45, 7) is 14.2. The van der Waals surface area contributed by atoms with Crippen LogP contribution in [0.1, 0.15) is 53.4 Å². The smallest absolute Gasteiger partial charge is 0.191 e. The van der Waals surface area contributed by atoms with Gasteiger partial charge in [-0.1, -0.05) is 58.0 Å². The number of hydrogen-bond donors (Lipinski definition) is 0. The third-order valence-electron chi connectivity index (χ3n) is 6.44. The van der Waals surface area contributed by atoms with Crippen molar-refractivity contribution in [1.29, 1.82) is 0 Å². The minimum atomic E-state index is -3.21. The van der Waals surface area contributed by atoms with Gasteiger partial charge in [0, 0.05) is 6.61 Å². The molecule has 4 nitrogen and oxygen atoms in total. The molecule has 1 aromatic carbocycles. The minimum Gasteiger partial charge on any atom is -0.417 e. The number of sulfone groups is 1. The van der Waals surface area contributed by atoms with Crippen molar-refractivity contribution in [3.8, 4) is 0 Å². The average Bonchev–Trinajstić information content (AvgIpc) is 2.66. The molecule has 0 saturated carbocycles. The molecule has 0 aromatic heterocycles. The van der Waals surface area contributed by atoms with Crippen LogP contribution >= 0.6 is 0 Å². The molecule has 0 fully saturated rings. The average molecular weight is 453 g/mol. The number of ether oxygens (including phenoxy) is 1. The van der Waals surface area contributed by atoms with E-state index >= 15 is 0 Å². The first-order valence-corrected chi connectivity index (χ1v) is 15.7. The van der Waals surface area contributed by atoms with Crippen molar-refractivity contribution in [2.45, 2.75) is 88.6 Å². The summed E-state index contributed by atoms with van der Waals surface area (Å²) in [5.41, 5.74) is 0. The van der Waals surface area contributed by atoms with Crippen molar-refractivity contribution in [3.05, 3.63) is 42.5 Å². The summed E-state index contributed by atoms with van der Waals surface area (Å²) < 4.78 is 37.6. The zero-order valence-electron chi connectivity index (χ0n) is 19.6. The lowest BCUT2D eigenvalue weighted by molar-refractivity contribution is -0.0149. The molecular formula is C24H40O4SSi. The monoisotopic (exact) mass is 452 g/mol. The van der Waals surface area contributed by atoms with E-state index < -0.39 is 18.2 Å². The normalized spacial score (nSPS) is 21.5. The Morgan fingerprint density at radius 1 is 1.20 bits per heavy atom. The summed E-state index contributed by atoms with van der Waals surface area (Å²) in [4.78, 5) is 0.413. The second-order valence-corrected chi connectivity index (χ2v) is 17.0. The van der Waals surface area contributed by atoms with Crippen molar-refractivity contribution in [1.82, 2.24) is 0 Å². The van der Waals surface area contributed by atoms with E-state index in [0.29, 0.717) is 17.2 Å². The quantitative estimate of drug-likeness (QED) is 0.322. The molecule has 0 N–H and O–H groups in total. The zero-order valence-corrected chi connectivity index (χ0v) is 21.4. The van der Waals surface area contributed by atoms with Crippen molar-refractivity contribution < 1.29 is 17.6 Å². The molecule has 0 bridgehead atoms. The minimum absolute atomic E-state index is 0.0915. The molecule has 6 heteroatoms. The Balaban J connectivity index is 1.76. The van der Waals surface area contributed by atoms with Gasteiger partial charge in [-0.15, -0.1) is 0 Å². The van der Waals surface area contributed by atoms with Crippen LogP contribution in [0.3, 0.4) is 0 Å². The van der Waals surface area contributed by atoms with E-state index in [-0.39, 0.29) is 23.0 Å². The van der Waals surface area contributed by atoms with Gasteiger partial charge in [-0.3, -0.25) is 0 Å². The van der Waals surface area contributed by atoms with Gasteiger partial charge in [-0.05, 0) is 61.9 Å². The van der Waals surface area contributed by atoms with E-state index in [0.717, 1.165) is 25.9 Å². The zero-order chi connectivity index (χ0) is 22.4.